The van der Waals surface area contributed by atoms with Gasteiger partial charge in [0.2, 0.25) is 5.88 Å². The van der Waals surface area contributed by atoms with Gasteiger partial charge in [-0.15, -0.1) is 0 Å². The number of fused-ring (bicyclic) bond motifs is 1. The molecule has 5 nitrogen and oxygen atoms in total. The molecule has 0 saturated heterocycles. The van der Waals surface area contributed by atoms with Crippen molar-refractivity contribution in [3.8, 4) is 11.6 Å². The van der Waals surface area contributed by atoms with Crippen LogP contribution >= 0.6 is 0 Å². The van der Waals surface area contributed by atoms with Crippen LogP contribution in [0, 0.1) is 5.82 Å². The van der Waals surface area contributed by atoms with Gasteiger partial charge in [0, 0.05) is 24.5 Å². The van der Waals surface area contributed by atoms with Gasteiger partial charge in [0.25, 0.3) is 5.91 Å². The number of anilines is 1. The fourth-order valence-electron chi connectivity index (χ4n) is 3.07. The Labute approximate surface area is 150 Å². The van der Waals surface area contributed by atoms with Gasteiger partial charge in [-0.25, -0.2) is 9.37 Å². The summed E-state index contributed by atoms with van der Waals surface area (Å²) in [6.07, 6.45) is 6.27. The molecular formula is C20H16FN3O2. The number of carbonyl (C=O) groups excluding carboxylic acids is 1. The number of aryl methyl sites for hydroxylation is 1. The highest BCUT2D eigenvalue weighted by atomic mass is 19.1. The molecule has 6 heteroatoms. The molecule has 1 aliphatic heterocycles. The van der Waals surface area contributed by atoms with Crippen LogP contribution in [0.25, 0.3) is 0 Å². The number of rotatable bonds is 3. The molecule has 1 amide bonds. The summed E-state index contributed by atoms with van der Waals surface area (Å²) in [7, 11) is 0. The Morgan fingerprint density at radius 2 is 2.08 bits per heavy atom. The molecule has 130 valence electrons. The van der Waals surface area contributed by atoms with Crippen molar-refractivity contribution in [1.29, 1.82) is 0 Å². The van der Waals surface area contributed by atoms with Crippen molar-refractivity contribution < 1.29 is 13.9 Å². The topological polar surface area (TPSA) is 55.3 Å². The first-order valence-corrected chi connectivity index (χ1v) is 8.35. The van der Waals surface area contributed by atoms with Gasteiger partial charge in [-0.05, 0) is 48.7 Å². The van der Waals surface area contributed by atoms with Crippen LogP contribution in [0.4, 0.5) is 10.1 Å². The molecule has 0 radical (unpaired) electrons. The van der Waals surface area contributed by atoms with E-state index < -0.39 is 0 Å². The third-order valence-electron chi connectivity index (χ3n) is 4.25. The molecule has 3 aromatic rings. The number of nitrogens with zero attached hydrogens (tertiary/aromatic N) is 3. The van der Waals surface area contributed by atoms with Crippen LogP contribution in [0.15, 0.2) is 61.1 Å². The zero-order valence-corrected chi connectivity index (χ0v) is 13.9. The Morgan fingerprint density at radius 1 is 1.15 bits per heavy atom. The molecule has 0 saturated carbocycles. The first kappa shape index (κ1) is 16.2. The number of benzene rings is 2. The fraction of sp³-hybridized carbons (Fsp3) is 0.150. The van der Waals surface area contributed by atoms with E-state index in [0.717, 1.165) is 18.4 Å². The average molecular weight is 349 g/mol. The summed E-state index contributed by atoms with van der Waals surface area (Å²) in [6.45, 7) is 0.560. The standard InChI is InChI=1S/C20H16FN3O2/c21-16-7-6-14-4-2-10-24(18(14)12-16)20(25)15-3-1-5-17(11-15)26-19-13-22-8-9-23-19/h1,3,5-9,11-13H,2,4,10H2. The number of carbonyl (C=O) groups is 1. The maximum Gasteiger partial charge on any atom is 0.258 e. The van der Waals surface area contributed by atoms with E-state index in [9.17, 15) is 9.18 Å². The summed E-state index contributed by atoms with van der Waals surface area (Å²) in [5.41, 5.74) is 2.10. The molecular weight excluding hydrogens is 333 g/mol. The second kappa shape index (κ2) is 6.92. The van der Waals surface area contributed by atoms with E-state index in [4.69, 9.17) is 4.74 Å². The minimum atomic E-state index is -0.344. The van der Waals surface area contributed by atoms with Gasteiger partial charge in [-0.3, -0.25) is 9.78 Å². The van der Waals surface area contributed by atoms with Gasteiger partial charge < -0.3 is 9.64 Å². The molecule has 4 rings (SSSR count). The fourth-order valence-corrected chi connectivity index (χ4v) is 3.07. The second-order valence-corrected chi connectivity index (χ2v) is 6.01. The molecule has 0 unspecified atom stereocenters. The van der Waals surface area contributed by atoms with Crippen molar-refractivity contribution in [2.24, 2.45) is 0 Å². The van der Waals surface area contributed by atoms with E-state index >= 15 is 0 Å². The lowest BCUT2D eigenvalue weighted by Crippen LogP contribution is -2.35. The molecule has 0 bridgehead atoms. The molecule has 0 N–H and O–H groups in total. The zero-order chi connectivity index (χ0) is 17.9. The van der Waals surface area contributed by atoms with E-state index in [2.05, 4.69) is 9.97 Å². The van der Waals surface area contributed by atoms with E-state index in [1.807, 2.05) is 0 Å². The van der Waals surface area contributed by atoms with Crippen molar-refractivity contribution in [3.63, 3.8) is 0 Å². The van der Waals surface area contributed by atoms with E-state index in [-0.39, 0.29) is 11.7 Å². The third kappa shape index (κ3) is 3.26. The number of hydrogen-bond donors (Lipinski definition) is 0. The quantitative estimate of drug-likeness (QED) is 0.717. The first-order chi connectivity index (χ1) is 12.7. The highest BCUT2D eigenvalue weighted by Gasteiger charge is 2.24. The molecule has 2 aromatic carbocycles. The van der Waals surface area contributed by atoms with Crippen LogP contribution in [0.5, 0.6) is 11.6 Å². The van der Waals surface area contributed by atoms with Crippen molar-refractivity contribution in [3.05, 3.63) is 78.0 Å². The molecule has 0 spiro atoms. The van der Waals surface area contributed by atoms with Crippen LogP contribution in [-0.4, -0.2) is 22.4 Å². The van der Waals surface area contributed by atoms with Gasteiger partial charge in [-0.2, -0.15) is 0 Å². The predicted molar refractivity (Wildman–Crippen MR) is 94.9 cm³/mol. The Hall–Kier alpha value is -3.28. The zero-order valence-electron chi connectivity index (χ0n) is 13.9. The van der Waals surface area contributed by atoms with Crippen molar-refractivity contribution >= 4 is 11.6 Å². The average Bonchev–Trinajstić information content (AvgIpc) is 2.68. The van der Waals surface area contributed by atoms with Gasteiger partial charge >= 0.3 is 0 Å². The number of aromatic nitrogens is 2. The van der Waals surface area contributed by atoms with E-state index in [1.54, 1.807) is 41.4 Å². The molecule has 0 aliphatic carbocycles. The number of ether oxygens (including phenoxy) is 1. The third-order valence-corrected chi connectivity index (χ3v) is 4.25. The SMILES string of the molecule is O=C(c1cccc(Oc2cnccn2)c1)N1CCCc2ccc(F)cc21. The summed E-state index contributed by atoms with van der Waals surface area (Å²) in [5.74, 6) is 0.319. The Kier molecular flexibility index (Phi) is 4.31. The van der Waals surface area contributed by atoms with Crippen LogP contribution in [-0.2, 0) is 6.42 Å². The minimum Gasteiger partial charge on any atom is -0.437 e. The molecule has 2 heterocycles. The molecule has 26 heavy (non-hydrogen) atoms. The summed E-state index contributed by atoms with van der Waals surface area (Å²) < 4.78 is 19.3. The normalized spacial score (nSPS) is 13.2. The summed E-state index contributed by atoms with van der Waals surface area (Å²) >= 11 is 0. The highest BCUT2D eigenvalue weighted by molar-refractivity contribution is 6.07. The van der Waals surface area contributed by atoms with Gasteiger partial charge in [-0.1, -0.05) is 12.1 Å². The largest absolute Gasteiger partial charge is 0.437 e. The van der Waals surface area contributed by atoms with Gasteiger partial charge in [0.1, 0.15) is 11.6 Å². The van der Waals surface area contributed by atoms with Gasteiger partial charge in [0.15, 0.2) is 0 Å². The first-order valence-electron chi connectivity index (χ1n) is 8.35. The second-order valence-electron chi connectivity index (χ2n) is 6.01. The lowest BCUT2D eigenvalue weighted by atomic mass is 10.0. The van der Waals surface area contributed by atoms with Crippen molar-refractivity contribution in [1.82, 2.24) is 9.97 Å². The van der Waals surface area contributed by atoms with Crippen LogP contribution < -0.4 is 9.64 Å². The van der Waals surface area contributed by atoms with E-state index in [1.165, 1.54) is 24.5 Å². The highest BCUT2D eigenvalue weighted by Crippen LogP contribution is 2.30. The maximum atomic E-state index is 13.7. The summed E-state index contributed by atoms with van der Waals surface area (Å²) in [4.78, 5) is 22.6. The van der Waals surface area contributed by atoms with Crippen LogP contribution in [0.1, 0.15) is 22.3 Å². The monoisotopic (exact) mass is 349 g/mol. The lowest BCUT2D eigenvalue weighted by Gasteiger charge is -2.29. The summed E-state index contributed by atoms with van der Waals surface area (Å²) in [6, 6.07) is 11.5. The Morgan fingerprint density at radius 3 is 2.92 bits per heavy atom. The van der Waals surface area contributed by atoms with Crippen molar-refractivity contribution in [2.45, 2.75) is 12.8 Å². The van der Waals surface area contributed by atoms with E-state index in [0.29, 0.717) is 29.4 Å². The molecule has 0 atom stereocenters. The van der Waals surface area contributed by atoms with Crippen molar-refractivity contribution in [2.75, 3.05) is 11.4 Å². The lowest BCUT2D eigenvalue weighted by molar-refractivity contribution is 0.0984. The Balaban J connectivity index is 1.62. The number of amides is 1. The van der Waals surface area contributed by atoms with Crippen LogP contribution in [0.2, 0.25) is 0 Å². The van der Waals surface area contributed by atoms with Crippen LogP contribution in [0.3, 0.4) is 0 Å². The summed E-state index contributed by atoms with van der Waals surface area (Å²) in [5, 5.41) is 0. The smallest absolute Gasteiger partial charge is 0.258 e. The number of halogens is 1. The molecule has 1 aromatic heterocycles. The maximum absolute atomic E-state index is 13.7. The predicted octanol–water partition coefficient (Wildman–Crippen LogP) is 4.00. The minimum absolute atomic E-state index is 0.179. The Bertz CT molecular complexity index is 947. The molecule has 0 fully saturated rings. The van der Waals surface area contributed by atoms with Gasteiger partial charge in [0.05, 0.1) is 11.9 Å². The molecule has 1 aliphatic rings. The number of hydrogen-bond acceptors (Lipinski definition) is 4.